The standard InChI is InChI=1S/C25H34N6O2/c1-4-18-14-24(29-17-28-18)30-19-6-8-21(9-7-19)33-23-16-20(31-10-12-32-13-11-31)15-22(27-5-2)25(23)26-3/h5,14-17,19,21H,3-4,6-13H2,1-2H3,(H,28,29,30)/b27-5-/t19-,21+. The minimum atomic E-state index is 0.138. The van der Waals surface area contributed by atoms with Crippen molar-refractivity contribution < 1.29 is 9.47 Å². The van der Waals surface area contributed by atoms with Crippen LogP contribution < -0.4 is 15.0 Å². The van der Waals surface area contributed by atoms with Gasteiger partial charge >= 0.3 is 0 Å². The molecule has 1 aromatic heterocycles. The van der Waals surface area contributed by atoms with E-state index >= 15 is 0 Å². The van der Waals surface area contributed by atoms with Crippen molar-refractivity contribution in [2.24, 2.45) is 9.98 Å². The summed E-state index contributed by atoms with van der Waals surface area (Å²) < 4.78 is 12.0. The fourth-order valence-electron chi connectivity index (χ4n) is 4.45. The summed E-state index contributed by atoms with van der Waals surface area (Å²) in [5.41, 5.74) is 3.64. The summed E-state index contributed by atoms with van der Waals surface area (Å²) in [6.07, 6.45) is 8.44. The molecule has 2 heterocycles. The summed E-state index contributed by atoms with van der Waals surface area (Å²) in [5.74, 6) is 1.67. The molecule has 1 aliphatic heterocycles. The van der Waals surface area contributed by atoms with Crippen molar-refractivity contribution in [2.45, 2.75) is 58.1 Å². The van der Waals surface area contributed by atoms with E-state index in [1.54, 1.807) is 12.5 Å². The van der Waals surface area contributed by atoms with Gasteiger partial charge < -0.3 is 19.7 Å². The third-order valence-electron chi connectivity index (χ3n) is 6.25. The Morgan fingerprint density at radius 2 is 1.97 bits per heavy atom. The minimum Gasteiger partial charge on any atom is -0.488 e. The zero-order chi connectivity index (χ0) is 23.0. The Balaban J connectivity index is 1.44. The normalized spacial score (nSPS) is 21.2. The number of nitrogens with one attached hydrogen (secondary N) is 1. The third-order valence-corrected chi connectivity index (χ3v) is 6.25. The van der Waals surface area contributed by atoms with E-state index < -0.39 is 0 Å². The highest BCUT2D eigenvalue weighted by Crippen LogP contribution is 2.43. The second-order valence-corrected chi connectivity index (χ2v) is 8.44. The molecule has 0 unspecified atom stereocenters. The topological polar surface area (TPSA) is 84.2 Å². The van der Waals surface area contributed by atoms with Gasteiger partial charge in [-0.25, -0.2) is 9.97 Å². The maximum absolute atomic E-state index is 6.51. The number of morpholine rings is 1. The van der Waals surface area contributed by atoms with Crippen LogP contribution in [0.2, 0.25) is 0 Å². The van der Waals surface area contributed by atoms with Gasteiger partial charge in [-0.15, -0.1) is 0 Å². The van der Waals surface area contributed by atoms with E-state index in [1.165, 1.54) is 0 Å². The summed E-state index contributed by atoms with van der Waals surface area (Å²) in [4.78, 5) is 19.8. The zero-order valence-electron chi connectivity index (χ0n) is 19.7. The molecule has 1 saturated carbocycles. The Kier molecular flexibility index (Phi) is 7.88. The number of aryl methyl sites for hydroxylation is 1. The van der Waals surface area contributed by atoms with Crippen LogP contribution >= 0.6 is 0 Å². The number of aromatic nitrogens is 2. The molecule has 176 valence electrons. The fourth-order valence-corrected chi connectivity index (χ4v) is 4.45. The molecule has 0 radical (unpaired) electrons. The summed E-state index contributed by atoms with van der Waals surface area (Å²) in [6, 6.07) is 6.58. The van der Waals surface area contributed by atoms with Crippen LogP contribution in [0.5, 0.6) is 5.75 Å². The van der Waals surface area contributed by atoms with Gasteiger partial charge in [-0.3, -0.25) is 9.98 Å². The quantitative estimate of drug-likeness (QED) is 0.585. The average molecular weight is 451 g/mol. The molecule has 0 atom stereocenters. The molecule has 0 amide bonds. The summed E-state index contributed by atoms with van der Waals surface area (Å²) in [7, 11) is 0. The highest BCUT2D eigenvalue weighted by molar-refractivity contribution is 5.80. The second kappa shape index (κ2) is 11.2. The predicted molar refractivity (Wildman–Crippen MR) is 134 cm³/mol. The van der Waals surface area contributed by atoms with Crippen LogP contribution in [0.4, 0.5) is 22.9 Å². The van der Waals surface area contributed by atoms with E-state index in [2.05, 4.69) is 55.9 Å². The van der Waals surface area contributed by atoms with Crippen molar-refractivity contribution in [1.82, 2.24) is 9.97 Å². The lowest BCUT2D eigenvalue weighted by Gasteiger charge is -2.32. The van der Waals surface area contributed by atoms with Crippen molar-refractivity contribution in [2.75, 3.05) is 36.5 Å². The molecule has 2 fully saturated rings. The molecule has 4 rings (SSSR count). The van der Waals surface area contributed by atoms with Crippen molar-refractivity contribution >= 4 is 35.8 Å². The van der Waals surface area contributed by atoms with Crippen LogP contribution in [0.1, 0.15) is 45.2 Å². The van der Waals surface area contributed by atoms with Crippen LogP contribution in [0.25, 0.3) is 0 Å². The summed E-state index contributed by atoms with van der Waals surface area (Å²) in [6.45, 7) is 11.0. The molecule has 8 heteroatoms. The number of ether oxygens (including phenoxy) is 2. The van der Waals surface area contributed by atoms with Crippen molar-refractivity contribution in [3.8, 4) is 5.75 Å². The lowest BCUT2D eigenvalue weighted by atomic mass is 9.93. The summed E-state index contributed by atoms with van der Waals surface area (Å²) in [5, 5.41) is 3.57. The maximum Gasteiger partial charge on any atom is 0.149 e. The SMILES string of the molecule is C=Nc1c(/N=C\C)cc(N2CCOCC2)cc1O[C@H]1CC[C@@H](Nc2cc(CC)ncn2)CC1. The van der Waals surface area contributed by atoms with Gasteiger partial charge in [-0.1, -0.05) is 6.92 Å². The Morgan fingerprint density at radius 3 is 2.67 bits per heavy atom. The molecule has 1 saturated heterocycles. The van der Waals surface area contributed by atoms with Gasteiger partial charge in [0, 0.05) is 48.9 Å². The highest BCUT2D eigenvalue weighted by atomic mass is 16.5. The molecule has 1 N–H and O–H groups in total. The number of aliphatic imine (C=N–C) groups is 2. The van der Waals surface area contributed by atoms with E-state index in [0.29, 0.717) is 11.7 Å². The number of nitrogens with zero attached hydrogens (tertiary/aromatic N) is 5. The van der Waals surface area contributed by atoms with Gasteiger partial charge in [0.25, 0.3) is 0 Å². The number of hydrogen-bond acceptors (Lipinski definition) is 8. The van der Waals surface area contributed by atoms with Crippen LogP contribution in [0, 0.1) is 0 Å². The molecule has 0 spiro atoms. The minimum absolute atomic E-state index is 0.138. The number of rotatable bonds is 8. The van der Waals surface area contributed by atoms with Crippen LogP contribution in [-0.2, 0) is 11.2 Å². The molecular weight excluding hydrogens is 416 g/mol. The molecule has 8 nitrogen and oxygen atoms in total. The average Bonchev–Trinajstić information content (AvgIpc) is 2.86. The maximum atomic E-state index is 6.51. The van der Waals surface area contributed by atoms with E-state index in [-0.39, 0.29) is 6.10 Å². The Labute approximate surface area is 196 Å². The van der Waals surface area contributed by atoms with Gasteiger partial charge in [0.2, 0.25) is 0 Å². The molecule has 1 aliphatic carbocycles. The predicted octanol–water partition coefficient (Wildman–Crippen LogP) is 4.73. The molecule has 0 bridgehead atoms. The van der Waals surface area contributed by atoms with Crippen LogP contribution in [0.3, 0.4) is 0 Å². The number of hydrogen-bond donors (Lipinski definition) is 1. The van der Waals surface area contributed by atoms with Gasteiger partial charge in [-0.05, 0) is 51.8 Å². The van der Waals surface area contributed by atoms with Gasteiger partial charge in [0.15, 0.2) is 0 Å². The third kappa shape index (κ3) is 5.87. The van der Waals surface area contributed by atoms with Gasteiger partial charge in [-0.2, -0.15) is 0 Å². The fraction of sp³-hybridized carbons (Fsp3) is 0.520. The molecule has 2 aromatic rings. The first kappa shape index (κ1) is 23.2. The first-order valence-corrected chi connectivity index (χ1v) is 11.9. The lowest BCUT2D eigenvalue weighted by molar-refractivity contribution is 0.122. The molecule has 1 aromatic carbocycles. The lowest BCUT2D eigenvalue weighted by Crippen LogP contribution is -2.36. The largest absolute Gasteiger partial charge is 0.488 e. The Hall–Kier alpha value is -3.00. The van der Waals surface area contributed by atoms with E-state index in [4.69, 9.17) is 9.47 Å². The van der Waals surface area contributed by atoms with Crippen molar-refractivity contribution in [3.63, 3.8) is 0 Å². The highest BCUT2D eigenvalue weighted by Gasteiger charge is 2.25. The van der Waals surface area contributed by atoms with Crippen molar-refractivity contribution in [1.29, 1.82) is 0 Å². The molecule has 33 heavy (non-hydrogen) atoms. The van der Waals surface area contributed by atoms with E-state index in [9.17, 15) is 0 Å². The summed E-state index contributed by atoms with van der Waals surface area (Å²) >= 11 is 0. The van der Waals surface area contributed by atoms with Crippen LogP contribution in [0.15, 0.2) is 34.5 Å². The first-order valence-electron chi connectivity index (χ1n) is 11.9. The second-order valence-electron chi connectivity index (χ2n) is 8.44. The molecular formula is C25H34N6O2. The molecule has 2 aliphatic rings. The first-order chi connectivity index (χ1) is 16.2. The van der Waals surface area contributed by atoms with Crippen molar-refractivity contribution in [3.05, 3.63) is 30.2 Å². The van der Waals surface area contributed by atoms with Crippen LogP contribution in [-0.4, -0.2) is 61.3 Å². The smallest absolute Gasteiger partial charge is 0.149 e. The Morgan fingerprint density at radius 1 is 1.18 bits per heavy atom. The Bertz CT molecular complexity index is 965. The van der Waals surface area contributed by atoms with Gasteiger partial charge in [0.1, 0.15) is 23.6 Å². The van der Waals surface area contributed by atoms with Gasteiger partial charge in [0.05, 0.1) is 25.0 Å². The monoisotopic (exact) mass is 450 g/mol. The van der Waals surface area contributed by atoms with E-state index in [0.717, 1.165) is 87.0 Å². The number of benzene rings is 1. The van der Waals surface area contributed by atoms with E-state index in [1.807, 2.05) is 13.0 Å². The number of anilines is 2. The zero-order valence-corrected chi connectivity index (χ0v) is 19.7.